The first kappa shape index (κ1) is 17.7. The summed E-state index contributed by atoms with van der Waals surface area (Å²) in [6, 6.07) is 9.19. The fraction of sp³-hybridized carbons (Fsp3) is 0.500. The second-order valence-electron chi connectivity index (χ2n) is 6.62. The Bertz CT molecular complexity index is 707. The van der Waals surface area contributed by atoms with E-state index in [1.165, 1.54) is 4.90 Å². The number of carboxylic acids is 1. The normalized spacial score (nSPS) is 25.4. The quantitative estimate of drug-likeness (QED) is 0.890. The summed E-state index contributed by atoms with van der Waals surface area (Å²) in [6.07, 6.45) is 0.699. The van der Waals surface area contributed by atoms with E-state index in [1.807, 2.05) is 0 Å². The Morgan fingerprint density at radius 3 is 2.44 bits per heavy atom. The molecule has 1 aromatic carbocycles. The average molecular weight is 363 g/mol. The average Bonchev–Trinajstić information content (AvgIpc) is 3.08. The second kappa shape index (κ2) is 7.03. The summed E-state index contributed by atoms with van der Waals surface area (Å²) in [5.74, 6) is -2.22. The van der Waals surface area contributed by atoms with Gasteiger partial charge in [0.1, 0.15) is 5.41 Å². The maximum absolute atomic E-state index is 13.0. The van der Waals surface area contributed by atoms with Crippen molar-refractivity contribution in [2.75, 3.05) is 26.3 Å². The lowest BCUT2D eigenvalue weighted by Gasteiger charge is -2.33. The number of nitrogens with zero attached hydrogens (tertiary/aromatic N) is 2. The summed E-state index contributed by atoms with van der Waals surface area (Å²) in [7, 11) is 0. The number of ether oxygens (including phenoxy) is 1. The van der Waals surface area contributed by atoms with Gasteiger partial charge in [0, 0.05) is 37.2 Å². The smallest absolute Gasteiger partial charge is 0.308 e. The number of hydrogen-bond donors (Lipinski definition) is 1. The molecular formula is C18H19ClN2O4. The van der Waals surface area contributed by atoms with Crippen LogP contribution in [0.15, 0.2) is 24.3 Å². The van der Waals surface area contributed by atoms with Gasteiger partial charge < -0.3 is 14.7 Å². The summed E-state index contributed by atoms with van der Waals surface area (Å²) in [5.41, 5.74) is -0.263. The Morgan fingerprint density at radius 1 is 1.24 bits per heavy atom. The van der Waals surface area contributed by atoms with Crippen molar-refractivity contribution in [1.29, 1.82) is 5.26 Å². The predicted octanol–water partition coefficient (Wildman–Crippen LogP) is 2.29. The summed E-state index contributed by atoms with van der Waals surface area (Å²) >= 11 is 5.91. The number of likely N-dealkylation sites (tertiary alicyclic amines) is 1. The van der Waals surface area contributed by atoms with E-state index in [1.54, 1.807) is 24.3 Å². The van der Waals surface area contributed by atoms with Crippen LogP contribution >= 0.6 is 11.6 Å². The lowest BCUT2D eigenvalue weighted by atomic mass is 9.80. The standard InChI is InChI=1S/C18H19ClN2O4/c19-13-3-1-12(2-4-13)14-9-21(10-15(14)16(22)23)17(24)18(11-20)5-7-25-8-6-18/h1-4,14-15H,5-10H2,(H,22,23)/t14-,15+/m0/s1. The van der Waals surface area contributed by atoms with Crippen molar-refractivity contribution in [3.05, 3.63) is 34.9 Å². The van der Waals surface area contributed by atoms with Crippen molar-refractivity contribution in [3.63, 3.8) is 0 Å². The molecule has 2 aliphatic rings. The first-order chi connectivity index (χ1) is 12.0. The lowest BCUT2D eigenvalue weighted by Crippen LogP contribution is -2.45. The lowest BCUT2D eigenvalue weighted by molar-refractivity contribution is -0.144. The highest BCUT2D eigenvalue weighted by Gasteiger charge is 2.48. The van der Waals surface area contributed by atoms with Gasteiger partial charge in [-0.05, 0) is 30.5 Å². The molecule has 1 N–H and O–H groups in total. The largest absolute Gasteiger partial charge is 0.481 e. The topological polar surface area (TPSA) is 90.6 Å². The van der Waals surface area contributed by atoms with Gasteiger partial charge in [-0.2, -0.15) is 5.26 Å². The number of rotatable bonds is 3. The molecule has 0 bridgehead atoms. The zero-order chi connectivity index (χ0) is 18.0. The molecule has 2 fully saturated rings. The van der Waals surface area contributed by atoms with Gasteiger partial charge in [-0.1, -0.05) is 23.7 Å². The van der Waals surface area contributed by atoms with Crippen LogP contribution in [0.3, 0.4) is 0 Å². The Morgan fingerprint density at radius 2 is 1.88 bits per heavy atom. The Kier molecular flexibility index (Phi) is 4.98. The molecule has 0 saturated carbocycles. The molecule has 0 unspecified atom stereocenters. The predicted molar refractivity (Wildman–Crippen MR) is 90.0 cm³/mol. The van der Waals surface area contributed by atoms with Crippen molar-refractivity contribution in [2.45, 2.75) is 18.8 Å². The van der Waals surface area contributed by atoms with Crippen LogP contribution in [0.25, 0.3) is 0 Å². The number of halogens is 1. The zero-order valence-corrected chi connectivity index (χ0v) is 14.4. The van der Waals surface area contributed by atoms with Gasteiger partial charge in [-0.15, -0.1) is 0 Å². The van der Waals surface area contributed by atoms with Crippen LogP contribution < -0.4 is 0 Å². The molecule has 25 heavy (non-hydrogen) atoms. The van der Waals surface area contributed by atoms with Gasteiger partial charge in [0.15, 0.2) is 0 Å². The van der Waals surface area contributed by atoms with Crippen LogP contribution in [0.5, 0.6) is 0 Å². The minimum atomic E-state index is -1.10. The SMILES string of the molecule is N#CC1(C(=O)N2C[C@@H](C(=O)O)[C@H](c3ccc(Cl)cc3)C2)CCOCC1. The molecule has 7 heteroatoms. The van der Waals surface area contributed by atoms with Crippen LogP contribution in [0, 0.1) is 22.7 Å². The maximum atomic E-state index is 13.0. The van der Waals surface area contributed by atoms with E-state index in [4.69, 9.17) is 16.3 Å². The third-order valence-corrected chi connectivity index (χ3v) is 5.44. The molecule has 2 atom stereocenters. The van der Waals surface area contributed by atoms with Gasteiger partial charge in [0.05, 0.1) is 12.0 Å². The third-order valence-electron chi connectivity index (χ3n) is 5.19. The molecule has 2 aliphatic heterocycles. The first-order valence-electron chi connectivity index (χ1n) is 8.23. The molecule has 0 radical (unpaired) electrons. The van der Waals surface area contributed by atoms with Crippen molar-refractivity contribution in [3.8, 4) is 6.07 Å². The monoisotopic (exact) mass is 362 g/mol. The summed E-state index contributed by atoms with van der Waals surface area (Å²) in [6.45, 7) is 1.15. The van der Waals surface area contributed by atoms with Crippen molar-refractivity contribution in [2.24, 2.45) is 11.3 Å². The Balaban J connectivity index is 1.84. The number of benzene rings is 1. The number of carbonyl (C=O) groups excluding carboxylic acids is 1. The van der Waals surface area contributed by atoms with Crippen LogP contribution in [0.1, 0.15) is 24.3 Å². The molecule has 0 aliphatic carbocycles. The molecular weight excluding hydrogens is 344 g/mol. The van der Waals surface area contributed by atoms with E-state index in [-0.39, 0.29) is 18.4 Å². The molecule has 0 spiro atoms. The molecule has 6 nitrogen and oxygen atoms in total. The summed E-state index contributed by atoms with van der Waals surface area (Å²) < 4.78 is 5.27. The molecule has 1 aromatic rings. The fourth-order valence-electron chi connectivity index (χ4n) is 3.66. The van der Waals surface area contributed by atoms with E-state index >= 15 is 0 Å². The highest BCUT2D eigenvalue weighted by atomic mass is 35.5. The summed E-state index contributed by atoms with van der Waals surface area (Å²) in [5, 5.41) is 19.7. The van der Waals surface area contributed by atoms with Crippen LogP contribution in [0.2, 0.25) is 5.02 Å². The molecule has 0 aromatic heterocycles. The molecule has 2 heterocycles. The highest BCUT2D eigenvalue weighted by molar-refractivity contribution is 6.30. The van der Waals surface area contributed by atoms with E-state index in [2.05, 4.69) is 6.07 Å². The van der Waals surface area contributed by atoms with E-state index in [0.29, 0.717) is 37.6 Å². The van der Waals surface area contributed by atoms with Crippen LogP contribution in [0.4, 0.5) is 0 Å². The zero-order valence-electron chi connectivity index (χ0n) is 13.7. The molecule has 3 rings (SSSR count). The minimum absolute atomic E-state index is 0.117. The van der Waals surface area contributed by atoms with Gasteiger partial charge in [0.2, 0.25) is 5.91 Å². The third kappa shape index (κ3) is 3.35. The molecule has 132 valence electrons. The molecule has 2 saturated heterocycles. The van der Waals surface area contributed by atoms with E-state index in [9.17, 15) is 20.0 Å². The Labute approximate surface area is 150 Å². The van der Waals surface area contributed by atoms with Crippen LogP contribution in [-0.2, 0) is 14.3 Å². The second-order valence-corrected chi connectivity index (χ2v) is 7.06. The van der Waals surface area contributed by atoms with E-state index < -0.39 is 17.3 Å². The number of carboxylic acid groups (broad SMARTS) is 1. The van der Waals surface area contributed by atoms with Gasteiger partial charge in [0.25, 0.3) is 0 Å². The van der Waals surface area contributed by atoms with Gasteiger partial charge >= 0.3 is 5.97 Å². The van der Waals surface area contributed by atoms with E-state index in [0.717, 1.165) is 5.56 Å². The first-order valence-corrected chi connectivity index (χ1v) is 8.61. The van der Waals surface area contributed by atoms with Crippen molar-refractivity contribution in [1.82, 2.24) is 4.90 Å². The highest BCUT2D eigenvalue weighted by Crippen LogP contribution is 2.38. The number of nitriles is 1. The summed E-state index contributed by atoms with van der Waals surface area (Å²) in [4.78, 5) is 26.2. The van der Waals surface area contributed by atoms with Crippen molar-refractivity contribution < 1.29 is 19.4 Å². The Hall–Kier alpha value is -2.10. The number of carbonyl (C=O) groups is 2. The number of hydrogen-bond acceptors (Lipinski definition) is 4. The van der Waals surface area contributed by atoms with Crippen LogP contribution in [-0.4, -0.2) is 48.2 Å². The minimum Gasteiger partial charge on any atom is -0.481 e. The number of amides is 1. The maximum Gasteiger partial charge on any atom is 0.308 e. The van der Waals surface area contributed by atoms with Gasteiger partial charge in [-0.3, -0.25) is 9.59 Å². The number of aliphatic carboxylic acids is 1. The molecule has 1 amide bonds. The fourth-order valence-corrected chi connectivity index (χ4v) is 3.79. The van der Waals surface area contributed by atoms with Gasteiger partial charge in [-0.25, -0.2) is 0 Å². The van der Waals surface area contributed by atoms with Crippen molar-refractivity contribution >= 4 is 23.5 Å².